The van der Waals surface area contributed by atoms with Crippen molar-refractivity contribution in [3.63, 3.8) is 0 Å². The average Bonchev–Trinajstić information content (AvgIpc) is 2.30. The number of methoxy groups -OCH3 is 1. The fourth-order valence-electron chi connectivity index (χ4n) is 1.35. The molecular formula is C12H16N2O4. The normalized spacial score (nSPS) is 9.72. The number of amides is 2. The molecular weight excluding hydrogens is 236 g/mol. The number of primary amides is 1. The lowest BCUT2D eigenvalue weighted by Crippen LogP contribution is -2.23. The molecule has 0 aliphatic heterocycles. The first kappa shape index (κ1) is 13.8. The predicted octanol–water partition coefficient (Wildman–Crippen LogP) is 0.783. The van der Waals surface area contributed by atoms with Gasteiger partial charge in [-0.3, -0.25) is 4.79 Å². The Kier molecular flexibility index (Phi) is 4.53. The van der Waals surface area contributed by atoms with Crippen LogP contribution in [0.25, 0.3) is 0 Å². The number of rotatable bonds is 4. The van der Waals surface area contributed by atoms with Gasteiger partial charge in [-0.15, -0.1) is 0 Å². The van der Waals surface area contributed by atoms with E-state index < -0.39 is 6.09 Å². The summed E-state index contributed by atoms with van der Waals surface area (Å²) in [4.78, 5) is 23.7. The lowest BCUT2D eigenvalue weighted by Gasteiger charge is -2.12. The molecule has 0 atom stereocenters. The fraction of sp³-hybridized carbons (Fsp3) is 0.333. The van der Waals surface area contributed by atoms with E-state index in [1.165, 1.54) is 12.0 Å². The van der Waals surface area contributed by atoms with Crippen molar-refractivity contribution >= 4 is 12.0 Å². The molecule has 6 heteroatoms. The van der Waals surface area contributed by atoms with Gasteiger partial charge in [-0.1, -0.05) is 6.07 Å². The highest BCUT2D eigenvalue weighted by Gasteiger charge is 2.11. The highest BCUT2D eigenvalue weighted by molar-refractivity contribution is 5.78. The summed E-state index contributed by atoms with van der Waals surface area (Å²) in [7, 11) is 4.81. The molecule has 0 saturated carbocycles. The van der Waals surface area contributed by atoms with E-state index in [1.807, 2.05) is 0 Å². The predicted molar refractivity (Wildman–Crippen MR) is 65.6 cm³/mol. The molecule has 0 aromatic heterocycles. The summed E-state index contributed by atoms with van der Waals surface area (Å²) in [6.45, 7) is 0. The summed E-state index contributed by atoms with van der Waals surface area (Å²) < 4.78 is 9.83. The topological polar surface area (TPSA) is 81.9 Å². The first-order chi connectivity index (χ1) is 8.43. The number of nitrogens with zero attached hydrogens (tertiary/aromatic N) is 1. The van der Waals surface area contributed by atoms with Crippen LogP contribution in [0.4, 0.5) is 4.79 Å². The molecule has 18 heavy (non-hydrogen) atoms. The standard InChI is InChI=1S/C12H16N2O4/c1-14(2)11(15)7-8-4-5-9(18-12(13)16)10(6-8)17-3/h4-6H,7H2,1-3H3,(H2,13,16). The molecule has 1 aromatic carbocycles. The molecule has 98 valence electrons. The van der Waals surface area contributed by atoms with Gasteiger partial charge in [-0.05, 0) is 17.7 Å². The Morgan fingerprint density at radius 1 is 1.28 bits per heavy atom. The maximum atomic E-state index is 11.6. The second-order valence-electron chi connectivity index (χ2n) is 3.87. The molecule has 1 aromatic rings. The number of carbonyl (C=O) groups is 2. The number of ether oxygens (including phenoxy) is 2. The van der Waals surface area contributed by atoms with Gasteiger partial charge in [-0.2, -0.15) is 0 Å². The highest BCUT2D eigenvalue weighted by Crippen LogP contribution is 2.28. The summed E-state index contributed by atoms with van der Waals surface area (Å²) in [6.07, 6.45) is -0.661. The zero-order chi connectivity index (χ0) is 13.7. The summed E-state index contributed by atoms with van der Waals surface area (Å²) in [5.41, 5.74) is 5.70. The third-order valence-electron chi connectivity index (χ3n) is 2.29. The molecule has 0 fully saturated rings. The molecule has 0 unspecified atom stereocenters. The van der Waals surface area contributed by atoms with E-state index >= 15 is 0 Å². The van der Waals surface area contributed by atoms with Crippen LogP contribution in [0.1, 0.15) is 5.56 Å². The van der Waals surface area contributed by atoms with Gasteiger partial charge in [0.15, 0.2) is 11.5 Å². The number of nitrogens with two attached hydrogens (primary N) is 1. The first-order valence-electron chi connectivity index (χ1n) is 5.28. The largest absolute Gasteiger partial charge is 0.493 e. The lowest BCUT2D eigenvalue weighted by molar-refractivity contribution is -0.127. The van der Waals surface area contributed by atoms with Crippen LogP contribution in [0.2, 0.25) is 0 Å². The van der Waals surface area contributed by atoms with Gasteiger partial charge in [-0.25, -0.2) is 4.79 Å². The van der Waals surface area contributed by atoms with Crippen molar-refractivity contribution in [1.29, 1.82) is 0 Å². The lowest BCUT2D eigenvalue weighted by atomic mass is 10.1. The van der Waals surface area contributed by atoms with Crippen molar-refractivity contribution in [2.45, 2.75) is 6.42 Å². The summed E-state index contributed by atoms with van der Waals surface area (Å²) in [6, 6.07) is 4.86. The quantitative estimate of drug-likeness (QED) is 0.858. The number of benzene rings is 1. The Morgan fingerprint density at radius 2 is 1.94 bits per heavy atom. The molecule has 0 bridgehead atoms. The smallest absolute Gasteiger partial charge is 0.410 e. The fourth-order valence-corrected chi connectivity index (χ4v) is 1.35. The average molecular weight is 252 g/mol. The first-order valence-corrected chi connectivity index (χ1v) is 5.28. The van der Waals surface area contributed by atoms with Crippen LogP contribution < -0.4 is 15.2 Å². The van der Waals surface area contributed by atoms with Crippen molar-refractivity contribution < 1.29 is 19.1 Å². The Balaban J connectivity index is 2.91. The minimum Gasteiger partial charge on any atom is -0.493 e. The van der Waals surface area contributed by atoms with Gasteiger partial charge < -0.3 is 20.1 Å². The van der Waals surface area contributed by atoms with Gasteiger partial charge in [0, 0.05) is 14.1 Å². The Labute approximate surface area is 105 Å². The van der Waals surface area contributed by atoms with Crippen molar-refractivity contribution in [2.75, 3.05) is 21.2 Å². The number of hydrogen-bond donors (Lipinski definition) is 1. The van der Waals surface area contributed by atoms with Crippen molar-refractivity contribution in [3.05, 3.63) is 23.8 Å². The SMILES string of the molecule is COc1cc(CC(=O)N(C)C)ccc1OC(N)=O. The van der Waals surface area contributed by atoms with E-state index in [1.54, 1.807) is 32.3 Å². The molecule has 2 N–H and O–H groups in total. The molecule has 2 amide bonds. The van der Waals surface area contributed by atoms with Crippen LogP contribution in [0.5, 0.6) is 11.5 Å². The van der Waals surface area contributed by atoms with E-state index in [9.17, 15) is 9.59 Å². The van der Waals surface area contributed by atoms with Crippen LogP contribution >= 0.6 is 0 Å². The maximum Gasteiger partial charge on any atom is 0.410 e. The highest BCUT2D eigenvalue weighted by atomic mass is 16.6. The van der Waals surface area contributed by atoms with Crippen LogP contribution in [0.3, 0.4) is 0 Å². The van der Waals surface area contributed by atoms with E-state index in [0.717, 1.165) is 5.56 Å². The van der Waals surface area contributed by atoms with Gasteiger partial charge in [0.05, 0.1) is 13.5 Å². The van der Waals surface area contributed by atoms with Crippen molar-refractivity contribution in [3.8, 4) is 11.5 Å². The third-order valence-corrected chi connectivity index (χ3v) is 2.29. The zero-order valence-electron chi connectivity index (χ0n) is 10.6. The third kappa shape index (κ3) is 3.65. The molecule has 0 aliphatic rings. The monoisotopic (exact) mass is 252 g/mol. The Morgan fingerprint density at radius 3 is 2.44 bits per heavy atom. The van der Waals surface area contributed by atoms with Crippen LogP contribution in [-0.2, 0) is 11.2 Å². The van der Waals surface area contributed by atoms with E-state index in [4.69, 9.17) is 15.2 Å². The number of likely N-dealkylation sites (N-methyl/N-ethyl adjacent to an activating group) is 1. The molecule has 0 aliphatic carbocycles. The molecule has 1 rings (SSSR count). The van der Waals surface area contributed by atoms with E-state index in [2.05, 4.69) is 0 Å². The number of carbonyl (C=O) groups excluding carboxylic acids is 2. The summed E-state index contributed by atoms with van der Waals surface area (Å²) >= 11 is 0. The molecule has 0 saturated heterocycles. The van der Waals surface area contributed by atoms with Gasteiger partial charge in [0.1, 0.15) is 0 Å². The van der Waals surface area contributed by atoms with Crippen molar-refractivity contribution in [2.24, 2.45) is 5.73 Å². The summed E-state index contributed by atoms with van der Waals surface area (Å²) in [5.74, 6) is 0.560. The van der Waals surface area contributed by atoms with Crippen LogP contribution in [0.15, 0.2) is 18.2 Å². The van der Waals surface area contributed by atoms with Gasteiger partial charge in [0.2, 0.25) is 5.91 Å². The van der Waals surface area contributed by atoms with Crippen molar-refractivity contribution in [1.82, 2.24) is 4.90 Å². The zero-order valence-corrected chi connectivity index (χ0v) is 10.6. The Bertz CT molecular complexity index is 457. The number of hydrogen-bond acceptors (Lipinski definition) is 4. The summed E-state index contributed by atoms with van der Waals surface area (Å²) in [5, 5.41) is 0. The minimum absolute atomic E-state index is 0.0272. The van der Waals surface area contributed by atoms with Crippen LogP contribution in [-0.4, -0.2) is 38.1 Å². The minimum atomic E-state index is -0.912. The molecule has 0 radical (unpaired) electrons. The van der Waals surface area contributed by atoms with Crippen LogP contribution in [0, 0.1) is 0 Å². The molecule has 6 nitrogen and oxygen atoms in total. The van der Waals surface area contributed by atoms with E-state index in [-0.39, 0.29) is 18.1 Å². The Hall–Kier alpha value is -2.24. The second-order valence-corrected chi connectivity index (χ2v) is 3.87. The second kappa shape index (κ2) is 5.90. The maximum absolute atomic E-state index is 11.6. The van der Waals surface area contributed by atoms with Gasteiger partial charge in [0.25, 0.3) is 0 Å². The molecule has 0 heterocycles. The van der Waals surface area contributed by atoms with Gasteiger partial charge >= 0.3 is 6.09 Å². The van der Waals surface area contributed by atoms with E-state index in [0.29, 0.717) is 5.75 Å². The molecule has 0 spiro atoms.